The van der Waals surface area contributed by atoms with E-state index < -0.39 is 23.6 Å². The lowest BCUT2D eigenvalue weighted by Crippen LogP contribution is -2.52. The number of amides is 4. The number of hydrogen-bond donors (Lipinski definition) is 0. The molecule has 0 N–H and O–H groups in total. The predicted molar refractivity (Wildman–Crippen MR) is 215 cm³/mol. The Labute approximate surface area is 321 Å². The molecule has 0 bridgehead atoms. The second kappa shape index (κ2) is 12.5. The van der Waals surface area contributed by atoms with Gasteiger partial charge < -0.3 is 4.57 Å². The quantitative estimate of drug-likeness (QED) is 0.102. The molecular weight excluding hydrogens is 759 g/mol. The number of benzene rings is 1. The number of hydrogen-bond acceptors (Lipinski definition) is 10. The van der Waals surface area contributed by atoms with E-state index in [9.17, 15) is 19.2 Å². The fourth-order valence-electron chi connectivity index (χ4n) is 5.83. The second-order valence-electron chi connectivity index (χ2n) is 11.7. The van der Waals surface area contributed by atoms with Crippen molar-refractivity contribution in [3.8, 4) is 25.2 Å². The lowest BCUT2D eigenvalue weighted by atomic mass is 10.1. The minimum atomic E-state index is -0.595. The summed E-state index contributed by atoms with van der Waals surface area (Å²) in [4.78, 5) is 61.6. The van der Waals surface area contributed by atoms with Crippen molar-refractivity contribution < 1.29 is 21.9 Å². The molecule has 2 aliphatic rings. The molecule has 4 amide bonds. The molecule has 51 heavy (non-hydrogen) atoms. The maximum atomic E-state index is 13.0. The fraction of sp³-hybridized carbons (Fsp3) is 0.111. The number of rotatable bonds is 5. The lowest BCUT2D eigenvalue weighted by Gasteiger charge is -2.31. The molecule has 0 unspecified atom stereocenters. The van der Waals surface area contributed by atoms with Crippen LogP contribution in [0.3, 0.4) is 0 Å². The Morgan fingerprint density at radius 1 is 0.549 bits per heavy atom. The van der Waals surface area contributed by atoms with Gasteiger partial charge in [-0.3, -0.25) is 38.8 Å². The highest BCUT2D eigenvalue weighted by Gasteiger charge is 2.36. The van der Waals surface area contributed by atoms with Gasteiger partial charge in [-0.25, -0.2) is 0 Å². The predicted octanol–water partition coefficient (Wildman–Crippen LogP) is 7.56. The van der Waals surface area contributed by atoms with Crippen LogP contribution in [0, 0.1) is 0 Å². The summed E-state index contributed by atoms with van der Waals surface area (Å²) in [6.07, 6.45) is 0. The van der Waals surface area contributed by atoms with Crippen LogP contribution in [-0.2, 0) is 19.2 Å². The smallest absolute Gasteiger partial charge is 0.265 e. The Hall–Kier alpha value is -4.64. The highest BCUT2D eigenvalue weighted by atomic mass is 32.1. The molecule has 2 fully saturated rings. The first-order valence-corrected chi connectivity index (χ1v) is 19.3. The van der Waals surface area contributed by atoms with Gasteiger partial charge in [0.2, 0.25) is 0 Å². The highest BCUT2D eigenvalue weighted by molar-refractivity contribution is 7.80. The van der Waals surface area contributed by atoms with Crippen molar-refractivity contribution in [1.82, 2.24) is 24.2 Å². The molecule has 9 nitrogen and oxygen atoms in total. The van der Waals surface area contributed by atoms with Crippen LogP contribution in [0.25, 0.3) is 57.7 Å². The van der Waals surface area contributed by atoms with Gasteiger partial charge in [0.05, 0.1) is 23.2 Å². The Morgan fingerprint density at radius 2 is 0.941 bits per heavy atom. The summed E-state index contributed by atoms with van der Waals surface area (Å²) in [5, 5.41) is 0.181. The topological polar surface area (TPSA) is 86.2 Å². The zero-order chi connectivity index (χ0) is 37.6. The Kier molecular flexibility index (Phi) is 7.65. The third-order valence-electron chi connectivity index (χ3n) is 8.54. The molecular formula is C36H25N5O4S6. The fourth-order valence-corrected chi connectivity index (χ4v) is 10.6. The van der Waals surface area contributed by atoms with Crippen LogP contribution in [-0.4, -0.2) is 86.2 Å². The number of aromatic nitrogens is 1. The Bertz CT molecular complexity index is 2480. The van der Waals surface area contributed by atoms with E-state index in [0.717, 1.165) is 45.6 Å². The first-order valence-electron chi connectivity index (χ1n) is 16.2. The van der Waals surface area contributed by atoms with Crippen LogP contribution >= 0.6 is 69.8 Å². The van der Waals surface area contributed by atoms with E-state index in [1.807, 2.05) is 42.5 Å². The molecule has 254 valence electrons. The maximum Gasteiger partial charge on any atom is 0.265 e. The molecule has 7 heterocycles. The second-order valence-corrected chi connectivity index (χ2v) is 16.7. The molecule has 2 aliphatic heterocycles. The van der Waals surface area contributed by atoms with E-state index in [0.29, 0.717) is 9.75 Å². The van der Waals surface area contributed by atoms with E-state index in [4.69, 9.17) is 27.2 Å². The van der Waals surface area contributed by atoms with Gasteiger partial charge in [0.1, 0.15) is 11.1 Å². The Balaban J connectivity index is 1.20. The van der Waals surface area contributed by atoms with Gasteiger partial charge in [-0.05, 0) is 85.1 Å². The molecule has 15 heteroatoms. The third kappa shape index (κ3) is 5.43. The van der Waals surface area contributed by atoms with Crippen LogP contribution in [0.2, 0.25) is 0 Å². The highest BCUT2D eigenvalue weighted by Crippen LogP contribution is 2.48. The van der Waals surface area contributed by atoms with Crippen LogP contribution < -0.4 is 0 Å². The van der Waals surface area contributed by atoms with Crippen molar-refractivity contribution in [2.45, 2.75) is 0 Å². The van der Waals surface area contributed by atoms with E-state index in [1.54, 1.807) is 34.8 Å². The number of fused-ring (bicyclic) bond motifs is 3. The summed E-state index contributed by atoms with van der Waals surface area (Å²) in [5.41, 5.74) is 2.58. The zero-order valence-corrected chi connectivity index (χ0v) is 32.1. The summed E-state index contributed by atoms with van der Waals surface area (Å²) < 4.78 is 22.0. The molecule has 1 aromatic carbocycles. The van der Waals surface area contributed by atoms with Gasteiger partial charge in [-0.2, -0.15) is 0 Å². The van der Waals surface area contributed by atoms with Crippen molar-refractivity contribution in [3.05, 3.63) is 87.6 Å². The van der Waals surface area contributed by atoms with E-state index in [-0.39, 0.29) is 33.5 Å². The summed E-state index contributed by atoms with van der Waals surface area (Å²) in [7, 11) is 5.98. The molecule has 8 rings (SSSR count). The van der Waals surface area contributed by atoms with Crippen molar-refractivity contribution >= 4 is 136 Å². The summed E-state index contributed by atoms with van der Waals surface area (Å²) >= 11 is 16.3. The Morgan fingerprint density at radius 3 is 1.33 bits per heavy atom. The van der Waals surface area contributed by atoms with Gasteiger partial charge >= 0.3 is 0 Å². The monoisotopic (exact) mass is 785 g/mol. The molecule has 5 aromatic heterocycles. The average molecular weight is 786 g/mol. The standard InChI is InChI=1S/C36H25N5O4S6/c1-37-31(42)21(32(43)38(2)35(37)46)14-19-10-12-25(48-19)27-16-23-29(50-27)30-24(41(23)18-8-6-5-7-9-18)17-28(51-30)26-13-11-20(49-26)15-22-33(44)39(3)36(47)40(4)34(22)45/h5-17H,1-4H3/i14D,15D. The number of likely N-dealkylation sites (N-methyl/N-ethyl adjacent to an activating group) is 4. The van der Waals surface area contributed by atoms with Gasteiger partial charge in [0.15, 0.2) is 10.2 Å². The lowest BCUT2D eigenvalue weighted by molar-refractivity contribution is -0.133. The molecule has 6 aromatic rings. The van der Waals surface area contributed by atoms with Crippen LogP contribution in [0.5, 0.6) is 0 Å². The molecule has 0 saturated carbocycles. The molecule has 2 saturated heterocycles. The average Bonchev–Trinajstić information content (AvgIpc) is 3.99. The van der Waals surface area contributed by atoms with Crippen LogP contribution in [0.1, 0.15) is 12.5 Å². The number of para-hydroxylation sites is 1. The van der Waals surface area contributed by atoms with E-state index in [2.05, 4.69) is 16.7 Å². The van der Waals surface area contributed by atoms with E-state index in [1.165, 1.54) is 70.5 Å². The number of nitrogens with zero attached hydrogens (tertiary/aromatic N) is 5. The van der Waals surface area contributed by atoms with Gasteiger partial charge in [-0.15, -0.1) is 45.3 Å². The zero-order valence-electron chi connectivity index (χ0n) is 29.2. The van der Waals surface area contributed by atoms with Crippen LogP contribution in [0.15, 0.2) is 77.9 Å². The molecule has 0 aliphatic carbocycles. The summed E-state index contributed by atoms with van der Waals surface area (Å²) in [5.74, 6) is -2.38. The van der Waals surface area contributed by atoms with Gasteiger partial charge in [-0.1, -0.05) is 18.2 Å². The summed E-state index contributed by atoms with van der Waals surface area (Å²) in [6.45, 7) is 0. The minimum Gasteiger partial charge on any atom is -0.307 e. The van der Waals surface area contributed by atoms with Crippen molar-refractivity contribution in [2.75, 3.05) is 28.2 Å². The van der Waals surface area contributed by atoms with Crippen molar-refractivity contribution in [2.24, 2.45) is 0 Å². The first kappa shape index (κ1) is 31.1. The van der Waals surface area contributed by atoms with Gasteiger partial charge in [0, 0.05) is 63.1 Å². The number of carbonyl (C=O) groups is 4. The largest absolute Gasteiger partial charge is 0.307 e. The third-order valence-corrected chi connectivity index (χ3v) is 14.4. The van der Waals surface area contributed by atoms with Gasteiger partial charge in [0.25, 0.3) is 23.6 Å². The van der Waals surface area contributed by atoms with Crippen LogP contribution in [0.4, 0.5) is 0 Å². The minimum absolute atomic E-state index is 0.0904. The summed E-state index contributed by atoms with van der Waals surface area (Å²) in [6, 6.07) is 21.4. The number of carbonyl (C=O) groups excluding carboxylic acids is 4. The normalized spacial score (nSPS) is 16.4. The van der Waals surface area contributed by atoms with E-state index >= 15 is 0 Å². The van der Waals surface area contributed by atoms with Crippen molar-refractivity contribution in [3.63, 3.8) is 0 Å². The molecule has 0 spiro atoms. The first-order chi connectivity index (χ1) is 25.3. The number of thiophene rings is 4. The molecule has 0 radical (unpaired) electrons. The molecule has 0 atom stereocenters. The SMILES string of the molecule is [2H]C(=C1C(=O)N(C)C(=S)N(C)C1=O)c1ccc(-c2cc3c(s2)c2sc(-c4ccc(C([2H])=C5C(=O)N(C)C(=S)N(C)C5=O)s4)cc2n3-c2ccccc2)s1. The number of thiocarbonyl (C=S) groups is 2. The maximum absolute atomic E-state index is 13.0. The van der Waals surface area contributed by atoms with Crippen molar-refractivity contribution in [1.29, 1.82) is 0 Å².